The van der Waals surface area contributed by atoms with Crippen molar-refractivity contribution in [2.75, 3.05) is 24.5 Å². The molecule has 0 N–H and O–H groups in total. The van der Waals surface area contributed by atoms with Gasteiger partial charge in [0.15, 0.2) is 0 Å². The van der Waals surface area contributed by atoms with Gasteiger partial charge in [0, 0.05) is 51.2 Å². The van der Waals surface area contributed by atoms with Crippen LogP contribution < -0.4 is 4.90 Å². The Morgan fingerprint density at radius 2 is 1.86 bits per heavy atom. The maximum Gasteiger partial charge on any atom is 0.246 e. The van der Waals surface area contributed by atoms with E-state index in [9.17, 15) is 8.42 Å². The number of benzene rings is 1. The molecule has 0 amide bonds. The summed E-state index contributed by atoms with van der Waals surface area (Å²) in [5.41, 5.74) is 1.02. The van der Waals surface area contributed by atoms with Crippen LogP contribution in [0.25, 0.3) is 0 Å². The van der Waals surface area contributed by atoms with Crippen molar-refractivity contribution in [1.82, 2.24) is 24.1 Å². The number of nitrogens with zero attached hydrogens (tertiary/aromatic N) is 6. The van der Waals surface area contributed by atoms with Gasteiger partial charge in [-0.2, -0.15) is 9.40 Å². The van der Waals surface area contributed by atoms with E-state index < -0.39 is 10.0 Å². The van der Waals surface area contributed by atoms with Gasteiger partial charge in [-0.05, 0) is 11.5 Å². The van der Waals surface area contributed by atoms with Gasteiger partial charge in [-0.15, -0.1) is 0 Å². The van der Waals surface area contributed by atoms with Gasteiger partial charge in [0.05, 0.1) is 18.4 Å². The van der Waals surface area contributed by atoms with Gasteiger partial charge in [0.2, 0.25) is 10.0 Å². The molecular weight excluding hydrogens is 388 g/mol. The molecule has 0 bridgehead atoms. The number of anilines is 1. The average molecular weight is 411 g/mol. The van der Waals surface area contributed by atoms with E-state index in [0.717, 1.165) is 24.5 Å². The summed E-state index contributed by atoms with van der Waals surface area (Å²) in [6.45, 7) is 2.01. The average Bonchev–Trinajstić information content (AvgIpc) is 3.43. The quantitative estimate of drug-likeness (QED) is 0.651. The highest BCUT2D eigenvalue weighted by atomic mass is 32.2. The molecule has 0 unspecified atom stereocenters. The number of fused-ring (bicyclic) bond motifs is 1. The molecule has 9 heteroatoms. The van der Waals surface area contributed by atoms with E-state index in [4.69, 9.17) is 0 Å². The minimum absolute atomic E-state index is 0.186. The Kier molecular flexibility index (Phi) is 4.36. The third-order valence-electron chi connectivity index (χ3n) is 5.92. The highest BCUT2D eigenvalue weighted by molar-refractivity contribution is 7.89. The lowest BCUT2D eigenvalue weighted by Crippen LogP contribution is -2.35. The van der Waals surface area contributed by atoms with Crippen LogP contribution in [-0.2, 0) is 17.1 Å². The first-order valence-corrected chi connectivity index (χ1v) is 11.0. The monoisotopic (exact) mass is 410 g/mol. The summed E-state index contributed by atoms with van der Waals surface area (Å²) < 4.78 is 30.1. The Bertz CT molecular complexity index is 1100. The summed E-state index contributed by atoms with van der Waals surface area (Å²) >= 11 is 0. The van der Waals surface area contributed by atoms with Crippen molar-refractivity contribution in [3.05, 3.63) is 66.9 Å². The van der Waals surface area contributed by atoms with Crippen molar-refractivity contribution in [2.45, 2.75) is 10.9 Å². The Balaban J connectivity index is 1.51. The molecule has 0 aliphatic carbocycles. The zero-order valence-electron chi connectivity index (χ0n) is 16.0. The third kappa shape index (κ3) is 3.10. The smallest absolute Gasteiger partial charge is 0.246 e. The van der Waals surface area contributed by atoms with Gasteiger partial charge >= 0.3 is 0 Å². The van der Waals surface area contributed by atoms with E-state index in [2.05, 4.69) is 20.0 Å². The predicted octanol–water partition coefficient (Wildman–Crippen LogP) is 1.71. The van der Waals surface area contributed by atoms with Gasteiger partial charge in [0.1, 0.15) is 10.7 Å². The van der Waals surface area contributed by atoms with E-state index >= 15 is 0 Å². The summed E-state index contributed by atoms with van der Waals surface area (Å²) in [7, 11) is -1.91. The highest BCUT2D eigenvalue weighted by Gasteiger charge is 2.52. The van der Waals surface area contributed by atoms with Gasteiger partial charge in [-0.25, -0.2) is 13.4 Å². The lowest BCUT2D eigenvalue weighted by molar-refractivity contribution is 0.349. The molecule has 150 valence electrons. The normalized spacial score (nSPS) is 24.7. The first-order valence-electron chi connectivity index (χ1n) is 9.60. The van der Waals surface area contributed by atoms with Crippen LogP contribution in [0.3, 0.4) is 0 Å². The van der Waals surface area contributed by atoms with Gasteiger partial charge in [-0.3, -0.25) is 9.67 Å². The molecule has 29 heavy (non-hydrogen) atoms. The lowest BCUT2D eigenvalue weighted by atomic mass is 9.90. The van der Waals surface area contributed by atoms with E-state index in [0.29, 0.717) is 6.54 Å². The van der Waals surface area contributed by atoms with Crippen LogP contribution in [0.5, 0.6) is 0 Å². The molecule has 2 aliphatic rings. The predicted molar refractivity (Wildman–Crippen MR) is 108 cm³/mol. The molecule has 2 aliphatic heterocycles. The van der Waals surface area contributed by atoms with E-state index in [1.165, 1.54) is 10.9 Å². The van der Waals surface area contributed by atoms with Crippen LogP contribution in [0.4, 0.5) is 5.82 Å². The SMILES string of the molecule is Cn1cc(S(=O)(=O)N2C[C@@H]3CN(c4cnccn4)C[C@@H]3[C@@H]2c2ccccc2)cn1. The molecule has 2 fully saturated rings. The Labute approximate surface area is 169 Å². The second kappa shape index (κ2) is 6.93. The third-order valence-corrected chi connectivity index (χ3v) is 7.72. The summed E-state index contributed by atoms with van der Waals surface area (Å²) in [5.74, 6) is 1.26. The van der Waals surface area contributed by atoms with E-state index in [1.54, 1.807) is 36.1 Å². The Hall–Kier alpha value is -2.78. The molecular formula is C20H22N6O2S. The minimum Gasteiger partial charge on any atom is -0.355 e. The van der Waals surface area contributed by atoms with Crippen molar-refractivity contribution in [3.8, 4) is 0 Å². The van der Waals surface area contributed by atoms with Crippen molar-refractivity contribution in [2.24, 2.45) is 18.9 Å². The summed E-state index contributed by atoms with van der Waals surface area (Å²) in [4.78, 5) is 11.1. The number of aryl methyl sites for hydroxylation is 1. The fourth-order valence-corrected chi connectivity index (χ4v) is 6.33. The zero-order valence-corrected chi connectivity index (χ0v) is 16.9. The Morgan fingerprint density at radius 3 is 2.55 bits per heavy atom. The van der Waals surface area contributed by atoms with Crippen molar-refractivity contribution in [3.63, 3.8) is 0 Å². The second-order valence-corrected chi connectivity index (χ2v) is 9.56. The topological polar surface area (TPSA) is 84.2 Å². The van der Waals surface area contributed by atoms with Gasteiger partial charge in [0.25, 0.3) is 0 Å². The summed E-state index contributed by atoms with van der Waals surface area (Å²) in [5, 5.41) is 4.06. The molecule has 0 spiro atoms. The number of sulfonamides is 1. The van der Waals surface area contributed by atoms with Crippen LogP contribution in [0.15, 0.2) is 66.2 Å². The molecule has 2 saturated heterocycles. The molecule has 4 heterocycles. The van der Waals surface area contributed by atoms with Crippen molar-refractivity contribution >= 4 is 15.8 Å². The summed E-state index contributed by atoms with van der Waals surface area (Å²) in [6.07, 6.45) is 8.12. The fraction of sp³-hybridized carbons (Fsp3) is 0.350. The number of aromatic nitrogens is 4. The van der Waals surface area contributed by atoms with Crippen LogP contribution >= 0.6 is 0 Å². The maximum absolute atomic E-state index is 13.5. The standard InChI is InChI=1S/C20H22N6O2S/c1-24-13-17(9-23-24)29(27,28)26-12-16-11-25(19-10-21-7-8-22-19)14-18(16)20(26)15-5-3-2-4-6-15/h2-10,13,16,18,20H,11-12,14H2,1H3/t16-,18-,20-/m0/s1. The maximum atomic E-state index is 13.5. The Morgan fingerprint density at radius 1 is 1.03 bits per heavy atom. The number of hydrogen-bond acceptors (Lipinski definition) is 6. The van der Waals surface area contributed by atoms with E-state index in [1.807, 2.05) is 30.3 Å². The molecule has 0 radical (unpaired) electrons. The van der Waals surface area contributed by atoms with Crippen LogP contribution in [0.1, 0.15) is 11.6 Å². The highest BCUT2D eigenvalue weighted by Crippen LogP contribution is 2.47. The fourth-order valence-electron chi connectivity index (χ4n) is 4.63. The minimum atomic E-state index is -3.64. The molecule has 1 aromatic carbocycles. The number of rotatable bonds is 4. The molecule has 2 aromatic heterocycles. The molecule has 3 atom stereocenters. The first kappa shape index (κ1) is 18.3. The first-order chi connectivity index (χ1) is 14.0. The summed E-state index contributed by atoms with van der Waals surface area (Å²) in [6, 6.07) is 9.71. The lowest BCUT2D eigenvalue weighted by Gasteiger charge is -2.29. The van der Waals surface area contributed by atoms with Crippen molar-refractivity contribution in [1.29, 1.82) is 0 Å². The largest absolute Gasteiger partial charge is 0.355 e. The van der Waals surface area contributed by atoms with E-state index in [-0.39, 0.29) is 22.8 Å². The molecule has 0 saturated carbocycles. The number of hydrogen-bond donors (Lipinski definition) is 0. The van der Waals surface area contributed by atoms with Gasteiger partial charge in [-0.1, -0.05) is 30.3 Å². The van der Waals surface area contributed by atoms with Crippen molar-refractivity contribution < 1.29 is 8.42 Å². The van der Waals surface area contributed by atoms with Gasteiger partial charge < -0.3 is 4.90 Å². The van der Waals surface area contributed by atoms with Crippen LogP contribution in [-0.4, -0.2) is 52.1 Å². The second-order valence-electron chi connectivity index (χ2n) is 7.67. The van der Waals surface area contributed by atoms with Crippen LogP contribution in [0, 0.1) is 11.8 Å². The molecule has 3 aromatic rings. The molecule has 5 rings (SSSR count). The zero-order chi connectivity index (χ0) is 20.0. The molecule has 8 nitrogen and oxygen atoms in total. The van der Waals surface area contributed by atoms with Crippen LogP contribution in [0.2, 0.25) is 0 Å².